The van der Waals surface area contributed by atoms with Crippen LogP contribution in [0.25, 0.3) is 0 Å². The van der Waals surface area contributed by atoms with E-state index >= 15 is 0 Å². The molecular formula is C11H13NO4. The fourth-order valence-electron chi connectivity index (χ4n) is 1.18. The van der Waals surface area contributed by atoms with Crippen molar-refractivity contribution < 1.29 is 19.5 Å². The van der Waals surface area contributed by atoms with Crippen molar-refractivity contribution in [2.45, 2.75) is 13.8 Å². The molecule has 0 atom stereocenters. The van der Waals surface area contributed by atoms with Crippen LogP contribution in [0.15, 0.2) is 23.4 Å². The van der Waals surface area contributed by atoms with Crippen LogP contribution in [-0.2, 0) is 4.79 Å². The average Bonchev–Trinajstić information content (AvgIpc) is 2.22. The molecular weight excluding hydrogens is 210 g/mol. The topological polar surface area (TPSA) is 68.1 Å². The van der Waals surface area contributed by atoms with Crippen molar-refractivity contribution in [1.29, 1.82) is 0 Å². The van der Waals surface area contributed by atoms with E-state index in [2.05, 4.69) is 5.16 Å². The Labute approximate surface area is 93.3 Å². The Balaban J connectivity index is 3.03. The Kier molecular flexibility index (Phi) is 4.32. The predicted octanol–water partition coefficient (Wildman–Crippen LogP) is 1.82. The molecule has 0 spiro atoms. The number of oxime groups is 1. The first-order valence-electron chi connectivity index (χ1n) is 4.80. The molecule has 5 nitrogen and oxygen atoms in total. The Bertz CT molecular complexity index is 401. The Hall–Kier alpha value is -2.04. The van der Waals surface area contributed by atoms with E-state index in [1.165, 1.54) is 13.1 Å². The van der Waals surface area contributed by atoms with Crippen molar-refractivity contribution in [3.63, 3.8) is 0 Å². The summed E-state index contributed by atoms with van der Waals surface area (Å²) in [5.74, 6) is 0.379. The molecule has 16 heavy (non-hydrogen) atoms. The fraction of sp³-hybridized carbons (Fsp3) is 0.273. The lowest BCUT2D eigenvalue weighted by atomic mass is 10.2. The van der Waals surface area contributed by atoms with Gasteiger partial charge in [0.1, 0.15) is 0 Å². The zero-order valence-corrected chi connectivity index (χ0v) is 9.14. The molecule has 1 rings (SSSR count). The molecule has 0 saturated heterocycles. The lowest BCUT2D eigenvalue weighted by molar-refractivity contribution is -0.132. The zero-order chi connectivity index (χ0) is 12.0. The van der Waals surface area contributed by atoms with Gasteiger partial charge in [-0.1, -0.05) is 5.16 Å². The number of carbonyl (C=O) groups excluding carboxylic acids is 1. The van der Waals surface area contributed by atoms with Crippen molar-refractivity contribution in [2.24, 2.45) is 5.16 Å². The van der Waals surface area contributed by atoms with Crippen molar-refractivity contribution >= 4 is 12.2 Å². The van der Waals surface area contributed by atoms with Gasteiger partial charge in [-0.2, -0.15) is 0 Å². The van der Waals surface area contributed by atoms with E-state index in [1.807, 2.05) is 6.92 Å². The number of nitrogens with zero attached hydrogens (tertiary/aromatic N) is 1. The molecule has 1 aromatic rings. The molecule has 0 unspecified atom stereocenters. The summed E-state index contributed by atoms with van der Waals surface area (Å²) in [5.41, 5.74) is 0.654. The summed E-state index contributed by atoms with van der Waals surface area (Å²) in [6, 6.07) is 4.87. The summed E-state index contributed by atoms with van der Waals surface area (Å²) in [5, 5.41) is 11.3. The third-order valence-corrected chi connectivity index (χ3v) is 1.73. The summed E-state index contributed by atoms with van der Waals surface area (Å²) in [6.07, 6.45) is 1.26. The van der Waals surface area contributed by atoms with Crippen LogP contribution in [0.2, 0.25) is 0 Å². The van der Waals surface area contributed by atoms with E-state index in [0.29, 0.717) is 23.7 Å². The van der Waals surface area contributed by atoms with E-state index in [9.17, 15) is 4.79 Å². The van der Waals surface area contributed by atoms with Gasteiger partial charge >= 0.3 is 5.97 Å². The number of rotatable bonds is 4. The van der Waals surface area contributed by atoms with E-state index in [1.54, 1.807) is 18.2 Å². The van der Waals surface area contributed by atoms with Gasteiger partial charge in [-0.3, -0.25) is 4.79 Å². The third kappa shape index (κ3) is 3.27. The van der Waals surface area contributed by atoms with Crippen LogP contribution in [0.3, 0.4) is 0 Å². The van der Waals surface area contributed by atoms with E-state index in [-0.39, 0.29) is 0 Å². The summed E-state index contributed by atoms with van der Waals surface area (Å²) >= 11 is 0. The minimum Gasteiger partial charge on any atom is -0.490 e. The molecule has 0 aliphatic carbocycles. The maximum absolute atomic E-state index is 10.8. The lowest BCUT2D eigenvalue weighted by Crippen LogP contribution is -2.04. The number of carbonyl (C=O) groups is 1. The first kappa shape index (κ1) is 12.0. The molecule has 0 aromatic heterocycles. The van der Waals surface area contributed by atoms with Gasteiger partial charge in [-0.05, 0) is 25.1 Å². The molecule has 86 valence electrons. The molecule has 0 amide bonds. The largest absolute Gasteiger partial charge is 0.490 e. The highest BCUT2D eigenvalue weighted by molar-refractivity contribution is 5.81. The van der Waals surface area contributed by atoms with Crippen LogP contribution in [0.4, 0.5) is 0 Å². The van der Waals surface area contributed by atoms with E-state index < -0.39 is 5.97 Å². The Morgan fingerprint density at radius 1 is 1.50 bits per heavy atom. The van der Waals surface area contributed by atoms with Gasteiger partial charge in [0.05, 0.1) is 12.8 Å². The number of esters is 1. The second kappa shape index (κ2) is 5.75. The van der Waals surface area contributed by atoms with Crippen LogP contribution in [0, 0.1) is 0 Å². The Morgan fingerprint density at radius 3 is 2.81 bits per heavy atom. The summed E-state index contributed by atoms with van der Waals surface area (Å²) < 4.78 is 10.3. The van der Waals surface area contributed by atoms with Crippen LogP contribution in [0.5, 0.6) is 11.5 Å². The van der Waals surface area contributed by atoms with Crippen molar-refractivity contribution in [3.8, 4) is 11.5 Å². The molecule has 5 heteroatoms. The normalized spacial score (nSPS) is 10.4. The van der Waals surface area contributed by atoms with Crippen LogP contribution in [0.1, 0.15) is 19.4 Å². The minimum absolute atomic E-state index is 0.351. The van der Waals surface area contributed by atoms with Gasteiger partial charge in [0.15, 0.2) is 11.5 Å². The first-order valence-corrected chi connectivity index (χ1v) is 4.80. The van der Waals surface area contributed by atoms with Crippen LogP contribution in [-0.4, -0.2) is 24.0 Å². The second-order valence-electron chi connectivity index (χ2n) is 2.98. The van der Waals surface area contributed by atoms with Gasteiger partial charge in [0.25, 0.3) is 0 Å². The third-order valence-electron chi connectivity index (χ3n) is 1.73. The summed E-state index contributed by atoms with van der Waals surface area (Å²) in [6.45, 7) is 3.59. The molecule has 0 aliphatic heterocycles. The van der Waals surface area contributed by atoms with Gasteiger partial charge in [0, 0.05) is 12.5 Å². The van der Waals surface area contributed by atoms with Gasteiger partial charge < -0.3 is 14.7 Å². The number of benzene rings is 1. The highest BCUT2D eigenvalue weighted by Gasteiger charge is 2.07. The smallest absolute Gasteiger partial charge is 0.308 e. The minimum atomic E-state index is -0.412. The van der Waals surface area contributed by atoms with Crippen molar-refractivity contribution in [2.75, 3.05) is 6.61 Å². The lowest BCUT2D eigenvalue weighted by Gasteiger charge is -2.09. The second-order valence-corrected chi connectivity index (χ2v) is 2.98. The summed E-state index contributed by atoms with van der Waals surface area (Å²) in [7, 11) is 0. The monoisotopic (exact) mass is 223 g/mol. The highest BCUT2D eigenvalue weighted by Crippen LogP contribution is 2.28. The fourth-order valence-corrected chi connectivity index (χ4v) is 1.18. The zero-order valence-electron chi connectivity index (χ0n) is 9.14. The number of hydrogen-bond acceptors (Lipinski definition) is 5. The van der Waals surface area contributed by atoms with E-state index in [4.69, 9.17) is 14.7 Å². The standard InChI is InChI=1S/C11H13NO4/c1-3-15-11-6-9(7-12-14)4-5-10(11)16-8(2)13/h4-7,14H,3H2,1-2H3. The molecule has 0 radical (unpaired) electrons. The molecule has 0 fully saturated rings. The van der Waals surface area contributed by atoms with Crippen molar-refractivity contribution in [1.82, 2.24) is 0 Å². The quantitative estimate of drug-likeness (QED) is 0.278. The van der Waals surface area contributed by atoms with Crippen molar-refractivity contribution in [3.05, 3.63) is 23.8 Å². The number of ether oxygens (including phenoxy) is 2. The SMILES string of the molecule is CCOc1cc(C=NO)ccc1OC(C)=O. The average molecular weight is 223 g/mol. The predicted molar refractivity (Wildman–Crippen MR) is 58.3 cm³/mol. The molecule has 0 aliphatic rings. The van der Waals surface area contributed by atoms with Gasteiger partial charge in [0.2, 0.25) is 0 Å². The molecule has 0 bridgehead atoms. The van der Waals surface area contributed by atoms with Crippen LogP contribution >= 0.6 is 0 Å². The first-order chi connectivity index (χ1) is 7.67. The maximum Gasteiger partial charge on any atom is 0.308 e. The van der Waals surface area contributed by atoms with Crippen LogP contribution < -0.4 is 9.47 Å². The maximum atomic E-state index is 10.8. The molecule has 0 saturated carbocycles. The highest BCUT2D eigenvalue weighted by atomic mass is 16.6. The van der Waals surface area contributed by atoms with E-state index in [0.717, 1.165) is 0 Å². The Morgan fingerprint density at radius 2 is 2.25 bits per heavy atom. The summed E-state index contributed by atoms with van der Waals surface area (Å²) in [4.78, 5) is 10.8. The van der Waals surface area contributed by atoms with Gasteiger partial charge in [-0.15, -0.1) is 0 Å². The number of hydrogen-bond donors (Lipinski definition) is 1. The van der Waals surface area contributed by atoms with Gasteiger partial charge in [-0.25, -0.2) is 0 Å². The molecule has 1 aromatic carbocycles. The molecule has 0 heterocycles. The molecule has 1 N–H and O–H groups in total.